The zero-order valence-corrected chi connectivity index (χ0v) is 16.8. The number of carbonyl (C=O) groups excluding carboxylic acids is 1. The van der Waals surface area contributed by atoms with Crippen molar-refractivity contribution in [3.63, 3.8) is 0 Å². The first-order valence-electron chi connectivity index (χ1n) is 10.2. The van der Waals surface area contributed by atoms with Gasteiger partial charge >= 0.3 is 0 Å². The number of aromatic nitrogens is 3. The Morgan fingerprint density at radius 3 is 2.83 bits per heavy atom. The number of aryl methyl sites for hydroxylation is 1. The molecule has 30 heavy (non-hydrogen) atoms. The van der Waals surface area contributed by atoms with Crippen LogP contribution in [-0.4, -0.2) is 38.7 Å². The summed E-state index contributed by atoms with van der Waals surface area (Å²) in [6.45, 7) is 3.66. The van der Waals surface area contributed by atoms with E-state index in [2.05, 4.69) is 15.5 Å². The predicted molar refractivity (Wildman–Crippen MR) is 118 cm³/mol. The number of nitrogens with zero attached hydrogens (tertiary/aromatic N) is 3. The van der Waals surface area contributed by atoms with Gasteiger partial charge in [0.15, 0.2) is 0 Å². The molecule has 7 nitrogen and oxygen atoms in total. The van der Waals surface area contributed by atoms with Gasteiger partial charge < -0.3 is 14.8 Å². The van der Waals surface area contributed by atoms with Crippen molar-refractivity contribution in [1.29, 1.82) is 0 Å². The molecule has 1 amide bonds. The lowest BCUT2D eigenvalue weighted by Gasteiger charge is -2.17. The van der Waals surface area contributed by atoms with E-state index >= 15 is 0 Å². The lowest BCUT2D eigenvalue weighted by molar-refractivity contribution is -0.130. The first kappa shape index (κ1) is 18.4. The molecule has 2 aromatic carbocycles. The Balaban J connectivity index is 1.53. The van der Waals surface area contributed by atoms with E-state index in [1.165, 1.54) is 4.57 Å². The molecular formula is C23H23N5O2. The summed E-state index contributed by atoms with van der Waals surface area (Å²) in [5.74, 6) is 0.000393. The van der Waals surface area contributed by atoms with Crippen LogP contribution in [0.4, 0.5) is 11.4 Å². The Morgan fingerprint density at radius 2 is 2.00 bits per heavy atom. The fourth-order valence-electron chi connectivity index (χ4n) is 4.23. The summed E-state index contributed by atoms with van der Waals surface area (Å²) in [5, 5.41) is 12.9. The van der Waals surface area contributed by atoms with Crippen molar-refractivity contribution in [2.75, 3.05) is 18.4 Å². The van der Waals surface area contributed by atoms with E-state index < -0.39 is 0 Å². The number of hydrogen-bond donors (Lipinski definition) is 2. The molecule has 0 radical (unpaired) electrons. The van der Waals surface area contributed by atoms with E-state index in [0.717, 1.165) is 59.2 Å². The summed E-state index contributed by atoms with van der Waals surface area (Å²) in [5.41, 5.74) is 3.52. The number of nitrogens with one attached hydrogen (secondary N) is 2. The fraction of sp³-hybridized carbons (Fsp3) is 0.261. The second-order valence-electron chi connectivity index (χ2n) is 7.86. The second kappa shape index (κ2) is 7.33. The van der Waals surface area contributed by atoms with Crippen LogP contribution in [0.2, 0.25) is 0 Å². The van der Waals surface area contributed by atoms with Gasteiger partial charge in [-0.1, -0.05) is 12.1 Å². The Morgan fingerprint density at radius 1 is 1.17 bits per heavy atom. The quantitative estimate of drug-likeness (QED) is 0.548. The highest BCUT2D eigenvalue weighted by Gasteiger charge is 2.19. The fourth-order valence-corrected chi connectivity index (χ4v) is 4.23. The predicted octanol–water partition coefficient (Wildman–Crippen LogP) is 3.55. The SMILES string of the molecule is Cc1cc(Nc2cccc3ccn(CC(=O)N4CCCC4)c(=O)c23)cc2cn[nH]c12. The van der Waals surface area contributed by atoms with Gasteiger partial charge in [0.1, 0.15) is 6.54 Å². The van der Waals surface area contributed by atoms with Crippen LogP contribution in [-0.2, 0) is 11.3 Å². The van der Waals surface area contributed by atoms with E-state index in [0.29, 0.717) is 5.39 Å². The first-order valence-corrected chi connectivity index (χ1v) is 10.2. The number of fused-ring (bicyclic) bond motifs is 2. The maximum Gasteiger partial charge on any atom is 0.261 e. The summed E-state index contributed by atoms with van der Waals surface area (Å²) >= 11 is 0. The third-order valence-electron chi connectivity index (χ3n) is 5.79. The molecule has 0 aliphatic carbocycles. The molecule has 0 atom stereocenters. The molecule has 1 aliphatic rings. The van der Waals surface area contributed by atoms with Crippen LogP contribution in [0.25, 0.3) is 21.7 Å². The average molecular weight is 401 g/mol. The van der Waals surface area contributed by atoms with Gasteiger partial charge in [0.05, 0.1) is 22.8 Å². The Labute approximate surface area is 173 Å². The molecule has 0 unspecified atom stereocenters. The van der Waals surface area contributed by atoms with E-state index in [4.69, 9.17) is 0 Å². The summed E-state index contributed by atoms with van der Waals surface area (Å²) in [6, 6.07) is 11.7. The van der Waals surface area contributed by atoms with Gasteiger partial charge in [-0.25, -0.2) is 0 Å². The van der Waals surface area contributed by atoms with Crippen molar-refractivity contribution in [2.24, 2.45) is 0 Å². The molecule has 1 saturated heterocycles. The summed E-state index contributed by atoms with van der Waals surface area (Å²) in [4.78, 5) is 27.7. The Kier molecular flexibility index (Phi) is 4.50. The smallest absolute Gasteiger partial charge is 0.261 e. The Bertz CT molecular complexity index is 1310. The number of benzene rings is 2. The van der Waals surface area contributed by atoms with Crippen molar-refractivity contribution in [2.45, 2.75) is 26.3 Å². The minimum absolute atomic E-state index is 0.000393. The summed E-state index contributed by atoms with van der Waals surface area (Å²) < 4.78 is 1.51. The van der Waals surface area contributed by atoms with Crippen LogP contribution in [0.15, 0.2) is 53.6 Å². The van der Waals surface area contributed by atoms with Crippen LogP contribution in [0.5, 0.6) is 0 Å². The molecule has 0 bridgehead atoms. The second-order valence-corrected chi connectivity index (χ2v) is 7.86. The van der Waals surface area contributed by atoms with Crippen LogP contribution in [0.3, 0.4) is 0 Å². The topological polar surface area (TPSA) is 83.0 Å². The number of pyridine rings is 1. The van der Waals surface area contributed by atoms with Crippen molar-refractivity contribution in [1.82, 2.24) is 19.7 Å². The molecule has 2 N–H and O–H groups in total. The molecule has 2 aromatic heterocycles. The lowest BCUT2D eigenvalue weighted by Crippen LogP contribution is -2.34. The molecule has 0 spiro atoms. The number of rotatable bonds is 4. The van der Waals surface area contributed by atoms with Crippen LogP contribution >= 0.6 is 0 Å². The number of aromatic amines is 1. The summed E-state index contributed by atoms with van der Waals surface area (Å²) in [7, 11) is 0. The third kappa shape index (κ3) is 3.22. The van der Waals surface area contributed by atoms with Crippen molar-refractivity contribution in [3.05, 3.63) is 64.7 Å². The zero-order chi connectivity index (χ0) is 20.7. The zero-order valence-electron chi connectivity index (χ0n) is 16.8. The molecule has 1 fully saturated rings. The number of carbonyl (C=O) groups is 1. The van der Waals surface area contributed by atoms with Crippen LogP contribution in [0, 0.1) is 6.92 Å². The highest BCUT2D eigenvalue weighted by Crippen LogP contribution is 2.27. The van der Waals surface area contributed by atoms with Gasteiger partial charge in [-0.15, -0.1) is 0 Å². The van der Waals surface area contributed by atoms with E-state index in [-0.39, 0.29) is 18.0 Å². The highest BCUT2D eigenvalue weighted by molar-refractivity contribution is 5.96. The van der Waals surface area contributed by atoms with E-state index in [1.54, 1.807) is 12.4 Å². The lowest BCUT2D eigenvalue weighted by atomic mass is 10.1. The monoisotopic (exact) mass is 401 g/mol. The van der Waals surface area contributed by atoms with E-state index in [9.17, 15) is 9.59 Å². The molecule has 0 saturated carbocycles. The number of anilines is 2. The van der Waals surface area contributed by atoms with E-state index in [1.807, 2.05) is 48.2 Å². The number of amides is 1. The minimum Gasteiger partial charge on any atom is -0.355 e. The standard InChI is InChI=1S/C23H23N5O2/c1-15-11-18(12-17-13-24-26-22(15)17)25-19-6-4-5-16-7-10-28(23(30)21(16)19)14-20(29)27-8-2-3-9-27/h4-7,10-13,25H,2-3,8-9,14H2,1H3,(H,24,26). The maximum absolute atomic E-state index is 13.3. The van der Waals surface area contributed by atoms with Crippen molar-refractivity contribution >= 4 is 39.0 Å². The molecular weight excluding hydrogens is 378 g/mol. The molecule has 152 valence electrons. The van der Waals surface area contributed by atoms with Gasteiger partial charge in [0.25, 0.3) is 5.56 Å². The van der Waals surface area contributed by atoms with Crippen molar-refractivity contribution < 1.29 is 4.79 Å². The molecule has 4 aromatic rings. The van der Waals surface area contributed by atoms with Gasteiger partial charge in [-0.05, 0) is 55.0 Å². The number of likely N-dealkylation sites (tertiary alicyclic amines) is 1. The normalized spacial score (nSPS) is 14.0. The molecule has 7 heteroatoms. The van der Waals surface area contributed by atoms with Crippen LogP contribution in [0.1, 0.15) is 18.4 Å². The van der Waals surface area contributed by atoms with Crippen LogP contribution < -0.4 is 10.9 Å². The largest absolute Gasteiger partial charge is 0.355 e. The third-order valence-corrected chi connectivity index (χ3v) is 5.79. The van der Waals surface area contributed by atoms with Crippen molar-refractivity contribution in [3.8, 4) is 0 Å². The van der Waals surface area contributed by atoms with Gasteiger partial charge in [0.2, 0.25) is 5.91 Å². The Hall–Kier alpha value is -3.61. The number of hydrogen-bond acceptors (Lipinski definition) is 4. The molecule has 1 aliphatic heterocycles. The minimum atomic E-state index is -0.163. The first-order chi connectivity index (χ1) is 14.6. The molecule has 3 heterocycles. The van der Waals surface area contributed by atoms with Gasteiger partial charge in [0, 0.05) is 30.4 Å². The maximum atomic E-state index is 13.3. The molecule has 5 rings (SSSR count). The van der Waals surface area contributed by atoms with Gasteiger partial charge in [-0.2, -0.15) is 5.10 Å². The van der Waals surface area contributed by atoms with Gasteiger partial charge in [-0.3, -0.25) is 14.7 Å². The summed E-state index contributed by atoms with van der Waals surface area (Å²) in [6.07, 6.45) is 5.57. The average Bonchev–Trinajstić information content (AvgIpc) is 3.42. The number of H-pyrrole nitrogens is 1. The highest BCUT2D eigenvalue weighted by atomic mass is 16.2.